The van der Waals surface area contributed by atoms with E-state index in [4.69, 9.17) is 5.73 Å². The van der Waals surface area contributed by atoms with Crippen LogP contribution in [0.2, 0.25) is 0 Å². The van der Waals surface area contributed by atoms with Gasteiger partial charge in [-0.15, -0.1) is 24.0 Å². The molecule has 1 saturated heterocycles. The first-order valence-corrected chi connectivity index (χ1v) is 7.17. The van der Waals surface area contributed by atoms with Gasteiger partial charge in [0.1, 0.15) is 0 Å². The molecule has 1 aromatic carbocycles. The van der Waals surface area contributed by atoms with Crippen molar-refractivity contribution in [2.45, 2.75) is 40.2 Å². The summed E-state index contributed by atoms with van der Waals surface area (Å²) in [5.74, 6) is 1.52. The maximum Gasteiger partial charge on any atom is 0.191 e. The molecule has 0 aliphatic carbocycles. The van der Waals surface area contributed by atoms with Gasteiger partial charge in [-0.25, -0.2) is 4.99 Å². The van der Waals surface area contributed by atoms with E-state index >= 15 is 0 Å². The molecule has 3 nitrogen and oxygen atoms in total. The summed E-state index contributed by atoms with van der Waals surface area (Å²) in [5, 5.41) is 0. The molecule has 1 aliphatic rings. The minimum Gasteiger partial charge on any atom is -0.370 e. The number of likely N-dealkylation sites (tertiary alicyclic amines) is 1. The van der Waals surface area contributed by atoms with E-state index in [-0.39, 0.29) is 24.0 Å². The van der Waals surface area contributed by atoms with Crippen LogP contribution in [0.25, 0.3) is 0 Å². The average molecular weight is 387 g/mol. The van der Waals surface area contributed by atoms with Crippen molar-refractivity contribution in [1.82, 2.24) is 4.90 Å². The van der Waals surface area contributed by atoms with Gasteiger partial charge in [0.05, 0.1) is 6.54 Å². The summed E-state index contributed by atoms with van der Waals surface area (Å²) >= 11 is 0. The smallest absolute Gasteiger partial charge is 0.191 e. The van der Waals surface area contributed by atoms with Gasteiger partial charge in [-0.2, -0.15) is 0 Å². The molecule has 112 valence electrons. The lowest BCUT2D eigenvalue weighted by Crippen LogP contribution is -2.42. The lowest BCUT2D eigenvalue weighted by molar-refractivity contribution is 0.277. The first kappa shape index (κ1) is 17.3. The number of guanidine groups is 1. The van der Waals surface area contributed by atoms with Gasteiger partial charge in [-0.1, -0.05) is 30.7 Å². The number of aryl methyl sites for hydroxylation is 2. The molecule has 1 aromatic rings. The molecule has 20 heavy (non-hydrogen) atoms. The molecule has 0 bridgehead atoms. The Morgan fingerprint density at radius 2 is 1.95 bits per heavy atom. The van der Waals surface area contributed by atoms with E-state index in [9.17, 15) is 0 Å². The highest BCUT2D eigenvalue weighted by atomic mass is 127. The minimum atomic E-state index is 0. The predicted molar refractivity (Wildman–Crippen MR) is 96.6 cm³/mol. The van der Waals surface area contributed by atoms with Crippen molar-refractivity contribution in [3.05, 3.63) is 34.9 Å². The zero-order valence-electron chi connectivity index (χ0n) is 12.7. The van der Waals surface area contributed by atoms with E-state index in [1.54, 1.807) is 0 Å². The second kappa shape index (κ2) is 7.86. The number of nitrogens with zero attached hydrogens (tertiary/aromatic N) is 2. The van der Waals surface area contributed by atoms with E-state index < -0.39 is 0 Å². The van der Waals surface area contributed by atoms with Crippen LogP contribution in [0.15, 0.2) is 23.2 Å². The van der Waals surface area contributed by atoms with Crippen LogP contribution in [-0.4, -0.2) is 23.9 Å². The molecule has 2 N–H and O–H groups in total. The van der Waals surface area contributed by atoms with Crippen molar-refractivity contribution >= 4 is 29.9 Å². The Kier molecular flexibility index (Phi) is 6.79. The van der Waals surface area contributed by atoms with Crippen LogP contribution in [0.1, 0.15) is 36.5 Å². The van der Waals surface area contributed by atoms with Crippen LogP contribution in [0, 0.1) is 19.8 Å². The maximum absolute atomic E-state index is 6.10. The number of hydrogen-bond donors (Lipinski definition) is 1. The topological polar surface area (TPSA) is 41.6 Å². The first-order chi connectivity index (χ1) is 9.06. The first-order valence-electron chi connectivity index (χ1n) is 7.17. The lowest BCUT2D eigenvalue weighted by Gasteiger charge is -2.31. The van der Waals surface area contributed by atoms with Crippen LogP contribution in [0.5, 0.6) is 0 Å². The molecule has 1 fully saturated rings. The van der Waals surface area contributed by atoms with Crippen LogP contribution >= 0.6 is 24.0 Å². The van der Waals surface area contributed by atoms with Crippen molar-refractivity contribution in [2.75, 3.05) is 13.1 Å². The fourth-order valence-corrected chi connectivity index (χ4v) is 2.53. The van der Waals surface area contributed by atoms with E-state index in [1.807, 2.05) is 0 Å². The molecule has 0 atom stereocenters. The van der Waals surface area contributed by atoms with Crippen LogP contribution in [0.3, 0.4) is 0 Å². The fourth-order valence-electron chi connectivity index (χ4n) is 2.53. The normalized spacial score (nSPS) is 16.9. The quantitative estimate of drug-likeness (QED) is 0.480. The van der Waals surface area contributed by atoms with Crippen LogP contribution < -0.4 is 5.73 Å². The molecule has 1 aliphatic heterocycles. The van der Waals surface area contributed by atoms with E-state index in [0.29, 0.717) is 12.5 Å². The monoisotopic (exact) mass is 387 g/mol. The van der Waals surface area contributed by atoms with E-state index in [0.717, 1.165) is 19.0 Å². The molecule has 2 rings (SSSR count). The van der Waals surface area contributed by atoms with Gasteiger partial charge in [0, 0.05) is 13.1 Å². The summed E-state index contributed by atoms with van der Waals surface area (Å²) in [6.45, 7) is 9.33. The van der Waals surface area contributed by atoms with Crippen LogP contribution in [0.4, 0.5) is 0 Å². The largest absolute Gasteiger partial charge is 0.370 e. The molecule has 0 radical (unpaired) electrons. The highest BCUT2D eigenvalue weighted by Crippen LogP contribution is 2.16. The van der Waals surface area contributed by atoms with Crippen LogP contribution in [-0.2, 0) is 6.54 Å². The van der Waals surface area contributed by atoms with Crippen molar-refractivity contribution < 1.29 is 0 Å². The molecule has 0 aromatic heterocycles. The summed E-state index contributed by atoms with van der Waals surface area (Å²) < 4.78 is 0. The van der Waals surface area contributed by atoms with Gasteiger partial charge in [-0.05, 0) is 43.7 Å². The Hall–Kier alpha value is -0.780. The fraction of sp³-hybridized carbons (Fsp3) is 0.562. The minimum absolute atomic E-state index is 0. The van der Waals surface area contributed by atoms with Crippen molar-refractivity contribution in [3.63, 3.8) is 0 Å². The molecule has 0 unspecified atom stereocenters. The number of nitrogens with two attached hydrogens (primary N) is 1. The Balaban J connectivity index is 0.00000200. The second-order valence-corrected chi connectivity index (χ2v) is 5.77. The summed E-state index contributed by atoms with van der Waals surface area (Å²) in [6.07, 6.45) is 2.44. The molecular weight excluding hydrogens is 361 g/mol. The van der Waals surface area contributed by atoms with Gasteiger partial charge in [-0.3, -0.25) is 0 Å². The molecule has 0 spiro atoms. The van der Waals surface area contributed by atoms with Crippen molar-refractivity contribution in [2.24, 2.45) is 16.6 Å². The average Bonchev–Trinajstić information content (AvgIpc) is 2.38. The number of rotatable bonds is 2. The Bertz CT molecular complexity index is 463. The SMILES string of the molecule is Cc1ccc(CN=C(N)N2CCC(C)CC2)c(C)c1.I. The molecule has 4 heteroatoms. The van der Waals surface area contributed by atoms with Gasteiger partial charge in [0.15, 0.2) is 5.96 Å². The van der Waals surface area contributed by atoms with Crippen molar-refractivity contribution in [3.8, 4) is 0 Å². The third kappa shape index (κ3) is 4.65. The third-order valence-electron chi connectivity index (χ3n) is 4.02. The zero-order chi connectivity index (χ0) is 13.8. The van der Waals surface area contributed by atoms with Gasteiger partial charge >= 0.3 is 0 Å². The molecule has 1 heterocycles. The molecule has 0 saturated carbocycles. The predicted octanol–water partition coefficient (Wildman–Crippen LogP) is 3.47. The standard InChI is InChI=1S/C16H25N3.HI/c1-12-6-8-19(9-7-12)16(17)18-11-15-5-4-13(2)10-14(15)3;/h4-5,10,12H,6-9,11H2,1-3H3,(H2,17,18);1H. The van der Waals surface area contributed by atoms with Gasteiger partial charge in [0.2, 0.25) is 0 Å². The summed E-state index contributed by atoms with van der Waals surface area (Å²) in [5.41, 5.74) is 9.95. The number of aliphatic imine (C=N–C) groups is 1. The molecular formula is C16H26IN3. The number of halogens is 1. The highest BCUT2D eigenvalue weighted by molar-refractivity contribution is 14.0. The second-order valence-electron chi connectivity index (χ2n) is 5.77. The third-order valence-corrected chi connectivity index (χ3v) is 4.02. The number of benzene rings is 1. The summed E-state index contributed by atoms with van der Waals surface area (Å²) in [7, 11) is 0. The zero-order valence-corrected chi connectivity index (χ0v) is 15.1. The molecule has 0 amide bonds. The van der Waals surface area contributed by atoms with Crippen molar-refractivity contribution in [1.29, 1.82) is 0 Å². The van der Waals surface area contributed by atoms with Gasteiger partial charge in [0.25, 0.3) is 0 Å². The van der Waals surface area contributed by atoms with E-state index in [2.05, 4.69) is 48.9 Å². The number of piperidine rings is 1. The summed E-state index contributed by atoms with van der Waals surface area (Å²) in [4.78, 5) is 6.77. The van der Waals surface area contributed by atoms with Gasteiger partial charge < -0.3 is 10.6 Å². The number of hydrogen-bond acceptors (Lipinski definition) is 1. The maximum atomic E-state index is 6.10. The van der Waals surface area contributed by atoms with E-state index in [1.165, 1.54) is 29.5 Å². The highest BCUT2D eigenvalue weighted by Gasteiger charge is 2.16. The summed E-state index contributed by atoms with van der Waals surface area (Å²) in [6, 6.07) is 6.49. The Labute approximate surface area is 139 Å². The lowest BCUT2D eigenvalue weighted by atomic mass is 10.00. The Morgan fingerprint density at radius 1 is 1.30 bits per heavy atom. The Morgan fingerprint density at radius 3 is 2.55 bits per heavy atom.